The number of rotatable bonds is 2. The Balaban J connectivity index is 1.92. The first-order valence-corrected chi connectivity index (χ1v) is 6.20. The number of hydrogen-bond acceptors (Lipinski definition) is 5. The average molecular weight is 315 g/mol. The number of nitrogens with one attached hydrogen (secondary N) is 1. The zero-order valence-corrected chi connectivity index (χ0v) is 11.2. The Morgan fingerprint density at radius 1 is 1.21 bits per heavy atom. The van der Waals surface area contributed by atoms with E-state index < -0.39 is 0 Å². The molecule has 0 spiro atoms. The van der Waals surface area contributed by atoms with E-state index in [1.165, 1.54) is 0 Å². The molecule has 7 heteroatoms. The number of halogens is 1. The Labute approximate surface area is 116 Å². The van der Waals surface area contributed by atoms with E-state index in [9.17, 15) is 0 Å². The van der Waals surface area contributed by atoms with Gasteiger partial charge < -0.3 is 5.32 Å². The third kappa shape index (κ3) is 2.26. The second-order valence-corrected chi connectivity index (χ2v) is 4.44. The molecule has 0 amide bonds. The molecule has 3 aromatic rings. The minimum absolute atomic E-state index is 0.471. The second-order valence-electron chi connectivity index (χ2n) is 3.73. The molecule has 3 rings (SSSR count). The summed E-state index contributed by atoms with van der Waals surface area (Å²) in [4.78, 5) is 8.38. The van der Waals surface area contributed by atoms with Gasteiger partial charge in [0.2, 0.25) is 5.95 Å². The van der Waals surface area contributed by atoms with Gasteiger partial charge in [0.05, 0.1) is 11.6 Å². The molecule has 6 nitrogen and oxygen atoms in total. The third-order valence-electron chi connectivity index (χ3n) is 2.48. The quantitative estimate of drug-likeness (QED) is 0.735. The molecule has 2 aromatic heterocycles. The van der Waals surface area contributed by atoms with E-state index in [1.807, 2.05) is 0 Å². The van der Waals surface area contributed by atoms with Gasteiger partial charge in [-0.15, -0.1) is 5.10 Å². The van der Waals surface area contributed by atoms with Crippen molar-refractivity contribution in [2.75, 3.05) is 5.32 Å². The van der Waals surface area contributed by atoms with Crippen LogP contribution in [0.2, 0.25) is 0 Å². The lowest BCUT2D eigenvalue weighted by atomic mass is 10.2. The lowest BCUT2D eigenvalue weighted by Crippen LogP contribution is -1.94. The van der Waals surface area contributed by atoms with Gasteiger partial charge in [-0.2, -0.15) is 14.8 Å². The van der Waals surface area contributed by atoms with Crippen LogP contribution in [0.1, 0.15) is 5.56 Å². The Morgan fingerprint density at radius 2 is 2.00 bits per heavy atom. The van der Waals surface area contributed by atoms with Crippen molar-refractivity contribution in [2.45, 2.75) is 0 Å². The number of anilines is 2. The first-order chi connectivity index (χ1) is 9.26. The van der Waals surface area contributed by atoms with E-state index in [0.717, 1.165) is 5.69 Å². The fourth-order valence-electron chi connectivity index (χ4n) is 1.60. The zero-order valence-electron chi connectivity index (χ0n) is 9.58. The van der Waals surface area contributed by atoms with Gasteiger partial charge in [0, 0.05) is 18.0 Å². The molecule has 1 aromatic carbocycles. The fraction of sp³-hybridized carbons (Fsp3) is 0. The van der Waals surface area contributed by atoms with Crippen LogP contribution in [0.3, 0.4) is 0 Å². The van der Waals surface area contributed by atoms with Gasteiger partial charge in [0.25, 0.3) is 0 Å². The van der Waals surface area contributed by atoms with Crippen LogP contribution in [0.5, 0.6) is 0 Å². The molecular formula is C12H7BrN6. The minimum atomic E-state index is 0.471. The van der Waals surface area contributed by atoms with Crippen LogP contribution in [-0.4, -0.2) is 19.6 Å². The second kappa shape index (κ2) is 4.66. The van der Waals surface area contributed by atoms with Crippen molar-refractivity contribution in [3.63, 3.8) is 0 Å². The van der Waals surface area contributed by atoms with Gasteiger partial charge in [-0.05, 0) is 40.2 Å². The van der Waals surface area contributed by atoms with Gasteiger partial charge in [0.1, 0.15) is 0 Å². The maximum atomic E-state index is 8.73. The van der Waals surface area contributed by atoms with Crippen molar-refractivity contribution in [1.82, 2.24) is 19.6 Å². The average Bonchev–Trinajstić information content (AvgIpc) is 2.84. The summed E-state index contributed by atoms with van der Waals surface area (Å²) >= 11 is 3.30. The number of nitrogens with zero attached hydrogens (tertiary/aromatic N) is 5. The Kier molecular flexibility index (Phi) is 2.85. The molecule has 0 aliphatic carbocycles. The van der Waals surface area contributed by atoms with Crippen LogP contribution in [0.4, 0.5) is 11.6 Å². The van der Waals surface area contributed by atoms with Gasteiger partial charge in [-0.3, -0.25) is 0 Å². The van der Waals surface area contributed by atoms with Crippen molar-refractivity contribution < 1.29 is 0 Å². The number of nitriles is 1. The number of benzene rings is 1. The summed E-state index contributed by atoms with van der Waals surface area (Å²) < 4.78 is 2.18. The van der Waals surface area contributed by atoms with Gasteiger partial charge in [-0.25, -0.2) is 4.98 Å². The number of hydrogen-bond donors (Lipinski definition) is 1. The Hall–Kier alpha value is -2.46. The summed E-state index contributed by atoms with van der Waals surface area (Å²) in [5.41, 5.74) is 2.12. The highest BCUT2D eigenvalue weighted by molar-refractivity contribution is 9.10. The van der Waals surface area contributed by atoms with Crippen LogP contribution in [0.25, 0.3) is 5.65 Å². The van der Waals surface area contributed by atoms with Crippen molar-refractivity contribution in [1.29, 1.82) is 5.26 Å². The monoisotopic (exact) mass is 314 g/mol. The van der Waals surface area contributed by atoms with Gasteiger partial charge in [-0.1, -0.05) is 0 Å². The van der Waals surface area contributed by atoms with Crippen molar-refractivity contribution >= 4 is 33.2 Å². The standard InChI is InChI=1S/C12H7BrN6/c13-11-15-6-5-10-17-12(18-19(10)11)16-9-3-1-8(7-14)2-4-9/h1-6H,(H,16,18). The topological polar surface area (TPSA) is 78.9 Å². The van der Waals surface area contributed by atoms with Gasteiger partial charge >= 0.3 is 0 Å². The lowest BCUT2D eigenvalue weighted by molar-refractivity contribution is 0.891. The van der Waals surface area contributed by atoms with Crippen LogP contribution in [0.15, 0.2) is 41.3 Å². The van der Waals surface area contributed by atoms with E-state index in [2.05, 4.69) is 42.4 Å². The molecule has 0 atom stereocenters. The molecule has 92 valence electrons. The van der Waals surface area contributed by atoms with E-state index in [0.29, 0.717) is 21.9 Å². The first-order valence-electron chi connectivity index (χ1n) is 5.41. The Bertz CT molecular complexity index is 771. The summed E-state index contributed by atoms with van der Waals surface area (Å²) in [6.45, 7) is 0. The first kappa shape index (κ1) is 11.6. The lowest BCUT2D eigenvalue weighted by Gasteiger charge is -2.00. The molecule has 0 unspecified atom stereocenters. The molecule has 0 saturated heterocycles. The molecule has 0 bridgehead atoms. The zero-order chi connectivity index (χ0) is 13.2. The molecule has 2 heterocycles. The van der Waals surface area contributed by atoms with Crippen molar-refractivity contribution in [3.05, 3.63) is 46.8 Å². The molecule has 0 radical (unpaired) electrons. The van der Waals surface area contributed by atoms with Crippen molar-refractivity contribution in [2.24, 2.45) is 0 Å². The summed E-state index contributed by atoms with van der Waals surface area (Å²) in [5, 5.41) is 16.1. The summed E-state index contributed by atoms with van der Waals surface area (Å²) in [7, 11) is 0. The number of fused-ring (bicyclic) bond motifs is 1. The molecule has 0 aliphatic rings. The van der Waals surface area contributed by atoms with Crippen LogP contribution in [0, 0.1) is 11.3 Å². The highest BCUT2D eigenvalue weighted by Gasteiger charge is 2.06. The summed E-state index contributed by atoms with van der Waals surface area (Å²) in [5.74, 6) is 0.471. The SMILES string of the molecule is N#Cc1ccc(Nc2nc3ccnc(Br)n3n2)cc1. The maximum absolute atomic E-state index is 8.73. The van der Waals surface area contributed by atoms with Crippen molar-refractivity contribution in [3.8, 4) is 6.07 Å². The predicted octanol–water partition coefficient (Wildman–Crippen LogP) is 2.50. The molecule has 1 N–H and O–H groups in total. The van der Waals surface area contributed by atoms with E-state index in [1.54, 1.807) is 41.0 Å². The minimum Gasteiger partial charge on any atom is -0.323 e. The third-order valence-corrected chi connectivity index (χ3v) is 3.02. The molecule has 0 aliphatic heterocycles. The molecular weight excluding hydrogens is 308 g/mol. The fourth-order valence-corrected chi connectivity index (χ4v) is 1.98. The smallest absolute Gasteiger partial charge is 0.247 e. The normalized spacial score (nSPS) is 10.3. The maximum Gasteiger partial charge on any atom is 0.247 e. The largest absolute Gasteiger partial charge is 0.323 e. The van der Waals surface area contributed by atoms with E-state index >= 15 is 0 Å². The molecule has 19 heavy (non-hydrogen) atoms. The van der Waals surface area contributed by atoms with E-state index in [-0.39, 0.29) is 0 Å². The van der Waals surface area contributed by atoms with Crippen LogP contribution < -0.4 is 5.32 Å². The highest BCUT2D eigenvalue weighted by atomic mass is 79.9. The van der Waals surface area contributed by atoms with Crippen LogP contribution in [-0.2, 0) is 0 Å². The van der Waals surface area contributed by atoms with Crippen LogP contribution >= 0.6 is 15.9 Å². The van der Waals surface area contributed by atoms with Gasteiger partial charge in [0.15, 0.2) is 10.4 Å². The molecule has 0 fully saturated rings. The highest BCUT2D eigenvalue weighted by Crippen LogP contribution is 2.16. The predicted molar refractivity (Wildman–Crippen MR) is 72.9 cm³/mol. The Morgan fingerprint density at radius 3 is 2.68 bits per heavy atom. The van der Waals surface area contributed by atoms with E-state index in [4.69, 9.17) is 5.26 Å². The number of aromatic nitrogens is 4. The molecule has 0 saturated carbocycles. The summed E-state index contributed by atoms with van der Waals surface area (Å²) in [6, 6.07) is 10.9. The summed E-state index contributed by atoms with van der Waals surface area (Å²) in [6.07, 6.45) is 1.65.